The van der Waals surface area contributed by atoms with Crippen molar-refractivity contribution in [3.05, 3.63) is 24.3 Å². The minimum absolute atomic E-state index is 0.271. The Morgan fingerprint density at radius 1 is 1.20 bits per heavy atom. The molecule has 0 aliphatic carbocycles. The molecule has 3 heteroatoms. The zero-order valence-corrected chi connectivity index (χ0v) is 10.1. The number of nitrogens with one attached hydrogen (secondary N) is 1. The molecule has 0 saturated carbocycles. The fourth-order valence-electron chi connectivity index (χ4n) is 1.82. The monoisotopic (exact) mass is 207 g/mol. The Kier molecular flexibility index (Phi) is 4.69. The standard InChI is InChI=1S/C12H21N3/c1-9(2)7-10(3)15-11(4)12-8-13-5-6-14-12/h5-6,8-11,15H,7H2,1-4H3. The topological polar surface area (TPSA) is 37.8 Å². The van der Waals surface area contributed by atoms with Crippen molar-refractivity contribution in [1.29, 1.82) is 0 Å². The summed E-state index contributed by atoms with van der Waals surface area (Å²) in [4.78, 5) is 8.36. The Hall–Kier alpha value is -0.960. The number of rotatable bonds is 5. The van der Waals surface area contributed by atoms with E-state index in [0.717, 1.165) is 11.6 Å². The Morgan fingerprint density at radius 3 is 2.47 bits per heavy atom. The van der Waals surface area contributed by atoms with Crippen LogP contribution in [0.1, 0.15) is 45.9 Å². The molecule has 3 nitrogen and oxygen atoms in total. The van der Waals surface area contributed by atoms with Gasteiger partial charge in [-0.1, -0.05) is 13.8 Å². The summed E-state index contributed by atoms with van der Waals surface area (Å²) in [6.07, 6.45) is 6.44. The molecule has 84 valence electrons. The van der Waals surface area contributed by atoms with E-state index in [9.17, 15) is 0 Å². The lowest BCUT2D eigenvalue weighted by molar-refractivity contribution is 0.402. The van der Waals surface area contributed by atoms with Gasteiger partial charge < -0.3 is 5.32 Å². The normalized spacial score (nSPS) is 15.3. The Morgan fingerprint density at radius 2 is 1.93 bits per heavy atom. The van der Waals surface area contributed by atoms with Crippen molar-refractivity contribution in [2.45, 2.75) is 46.2 Å². The second-order valence-electron chi connectivity index (χ2n) is 4.55. The molecule has 1 N–H and O–H groups in total. The summed E-state index contributed by atoms with van der Waals surface area (Å²) in [5, 5.41) is 3.52. The fourth-order valence-corrected chi connectivity index (χ4v) is 1.82. The summed E-state index contributed by atoms with van der Waals surface area (Å²) in [5.74, 6) is 0.724. The molecule has 2 unspecified atom stereocenters. The molecule has 1 rings (SSSR count). The molecule has 1 aromatic rings. The molecular weight excluding hydrogens is 186 g/mol. The van der Waals surface area contributed by atoms with Gasteiger partial charge in [-0.05, 0) is 26.2 Å². The quantitative estimate of drug-likeness (QED) is 0.806. The average Bonchev–Trinajstić information content (AvgIpc) is 2.17. The van der Waals surface area contributed by atoms with Crippen LogP contribution < -0.4 is 5.32 Å². The zero-order chi connectivity index (χ0) is 11.3. The van der Waals surface area contributed by atoms with Gasteiger partial charge in [0.25, 0.3) is 0 Å². The number of nitrogens with zero attached hydrogens (tertiary/aromatic N) is 2. The highest BCUT2D eigenvalue weighted by Gasteiger charge is 2.11. The Labute approximate surface area is 92.3 Å². The van der Waals surface area contributed by atoms with Gasteiger partial charge >= 0.3 is 0 Å². The van der Waals surface area contributed by atoms with Gasteiger partial charge in [0.2, 0.25) is 0 Å². The first kappa shape index (κ1) is 12.1. The van der Waals surface area contributed by atoms with Crippen molar-refractivity contribution in [2.24, 2.45) is 5.92 Å². The third-order valence-corrected chi connectivity index (χ3v) is 2.39. The van der Waals surface area contributed by atoms with Crippen LogP contribution >= 0.6 is 0 Å². The van der Waals surface area contributed by atoms with E-state index >= 15 is 0 Å². The minimum atomic E-state index is 0.271. The maximum absolute atomic E-state index is 4.29. The first-order valence-corrected chi connectivity index (χ1v) is 5.61. The second-order valence-corrected chi connectivity index (χ2v) is 4.55. The van der Waals surface area contributed by atoms with Crippen molar-refractivity contribution >= 4 is 0 Å². The number of hydrogen-bond donors (Lipinski definition) is 1. The van der Waals surface area contributed by atoms with E-state index in [0.29, 0.717) is 6.04 Å². The number of aromatic nitrogens is 2. The first-order chi connectivity index (χ1) is 7.09. The predicted octanol–water partition coefficient (Wildman–Crippen LogP) is 2.56. The number of hydrogen-bond acceptors (Lipinski definition) is 3. The maximum Gasteiger partial charge on any atom is 0.0753 e. The Bertz CT molecular complexity index is 271. The molecule has 1 aromatic heterocycles. The van der Waals surface area contributed by atoms with Gasteiger partial charge in [-0.2, -0.15) is 0 Å². The SMILES string of the molecule is CC(C)CC(C)NC(C)c1cnccn1. The van der Waals surface area contributed by atoms with Gasteiger partial charge in [-0.15, -0.1) is 0 Å². The lowest BCUT2D eigenvalue weighted by Crippen LogP contribution is -2.30. The first-order valence-electron chi connectivity index (χ1n) is 5.61. The molecule has 0 radical (unpaired) electrons. The van der Waals surface area contributed by atoms with E-state index in [-0.39, 0.29) is 6.04 Å². The van der Waals surface area contributed by atoms with Crippen molar-refractivity contribution in [1.82, 2.24) is 15.3 Å². The molecule has 0 aromatic carbocycles. The van der Waals surface area contributed by atoms with Crippen molar-refractivity contribution in [3.8, 4) is 0 Å². The van der Waals surface area contributed by atoms with Crippen LogP contribution in [0.2, 0.25) is 0 Å². The molecule has 0 fully saturated rings. The second kappa shape index (κ2) is 5.81. The van der Waals surface area contributed by atoms with E-state index < -0.39 is 0 Å². The van der Waals surface area contributed by atoms with Crippen LogP contribution in [0.5, 0.6) is 0 Å². The summed E-state index contributed by atoms with van der Waals surface area (Å²) >= 11 is 0. The largest absolute Gasteiger partial charge is 0.306 e. The van der Waals surface area contributed by atoms with Gasteiger partial charge in [0.05, 0.1) is 5.69 Å². The fraction of sp³-hybridized carbons (Fsp3) is 0.667. The minimum Gasteiger partial charge on any atom is -0.306 e. The summed E-state index contributed by atoms with van der Waals surface area (Å²) < 4.78 is 0. The smallest absolute Gasteiger partial charge is 0.0753 e. The third-order valence-electron chi connectivity index (χ3n) is 2.39. The van der Waals surface area contributed by atoms with E-state index in [1.54, 1.807) is 12.4 Å². The van der Waals surface area contributed by atoms with Crippen LogP contribution in [-0.4, -0.2) is 16.0 Å². The van der Waals surface area contributed by atoms with E-state index in [1.807, 2.05) is 6.20 Å². The van der Waals surface area contributed by atoms with Gasteiger partial charge in [-0.25, -0.2) is 0 Å². The maximum atomic E-state index is 4.29. The summed E-state index contributed by atoms with van der Waals surface area (Å²) in [7, 11) is 0. The van der Waals surface area contributed by atoms with Crippen LogP contribution in [0, 0.1) is 5.92 Å². The molecule has 0 spiro atoms. The van der Waals surface area contributed by atoms with Crippen LogP contribution in [0.15, 0.2) is 18.6 Å². The molecule has 2 atom stereocenters. The predicted molar refractivity (Wildman–Crippen MR) is 62.5 cm³/mol. The highest BCUT2D eigenvalue weighted by Crippen LogP contribution is 2.11. The van der Waals surface area contributed by atoms with Gasteiger partial charge in [-0.3, -0.25) is 9.97 Å². The highest BCUT2D eigenvalue weighted by atomic mass is 15.0. The van der Waals surface area contributed by atoms with Crippen molar-refractivity contribution in [3.63, 3.8) is 0 Å². The molecule has 1 heterocycles. The zero-order valence-electron chi connectivity index (χ0n) is 10.1. The van der Waals surface area contributed by atoms with Crippen LogP contribution in [0.4, 0.5) is 0 Å². The van der Waals surface area contributed by atoms with E-state index in [1.165, 1.54) is 6.42 Å². The van der Waals surface area contributed by atoms with Gasteiger partial charge in [0.1, 0.15) is 0 Å². The molecule has 0 aliphatic rings. The van der Waals surface area contributed by atoms with Crippen LogP contribution in [-0.2, 0) is 0 Å². The van der Waals surface area contributed by atoms with Crippen LogP contribution in [0.3, 0.4) is 0 Å². The summed E-state index contributed by atoms with van der Waals surface area (Å²) in [5.41, 5.74) is 1.01. The third kappa shape index (κ3) is 4.38. The molecule has 0 bridgehead atoms. The Balaban J connectivity index is 2.45. The van der Waals surface area contributed by atoms with Crippen LogP contribution in [0.25, 0.3) is 0 Å². The molecule has 0 aliphatic heterocycles. The molecule has 0 amide bonds. The molecular formula is C12H21N3. The molecule has 0 saturated heterocycles. The molecule has 15 heavy (non-hydrogen) atoms. The summed E-state index contributed by atoms with van der Waals surface area (Å²) in [6, 6.07) is 0.787. The lowest BCUT2D eigenvalue weighted by atomic mass is 10.0. The van der Waals surface area contributed by atoms with E-state index in [4.69, 9.17) is 0 Å². The van der Waals surface area contributed by atoms with Crippen molar-refractivity contribution < 1.29 is 0 Å². The lowest BCUT2D eigenvalue weighted by Gasteiger charge is -2.20. The highest BCUT2D eigenvalue weighted by molar-refractivity contribution is 5.00. The summed E-state index contributed by atoms with van der Waals surface area (Å²) in [6.45, 7) is 8.82. The average molecular weight is 207 g/mol. The van der Waals surface area contributed by atoms with Crippen molar-refractivity contribution in [2.75, 3.05) is 0 Å². The van der Waals surface area contributed by atoms with Gasteiger partial charge in [0.15, 0.2) is 0 Å². The van der Waals surface area contributed by atoms with Gasteiger partial charge in [0, 0.05) is 30.7 Å². The van der Waals surface area contributed by atoms with E-state index in [2.05, 4.69) is 43.0 Å².